The van der Waals surface area contributed by atoms with E-state index in [0.29, 0.717) is 17.2 Å². The van der Waals surface area contributed by atoms with Crippen molar-refractivity contribution in [3.63, 3.8) is 0 Å². The van der Waals surface area contributed by atoms with Gasteiger partial charge in [-0.25, -0.2) is 9.78 Å². The van der Waals surface area contributed by atoms with E-state index in [1.807, 2.05) is 0 Å². The van der Waals surface area contributed by atoms with Crippen LogP contribution in [-0.2, 0) is 4.74 Å². The lowest BCUT2D eigenvalue weighted by Crippen LogP contribution is -2.51. The highest BCUT2D eigenvalue weighted by Gasteiger charge is 2.33. The maximum atomic E-state index is 12.8. The molecule has 1 saturated carbocycles. The molecule has 3 rings (SSSR count). The van der Waals surface area contributed by atoms with Crippen molar-refractivity contribution in [3.05, 3.63) is 9.98 Å². The summed E-state index contributed by atoms with van der Waals surface area (Å²) in [5.74, 6) is 0. The Balaban J connectivity index is 1.72. The second-order valence-electron chi connectivity index (χ2n) is 5.94. The predicted molar refractivity (Wildman–Crippen MR) is 91.4 cm³/mol. The normalized spacial score (nSPS) is 20.8. The van der Waals surface area contributed by atoms with Gasteiger partial charge in [-0.05, 0) is 41.6 Å². The predicted octanol–water partition coefficient (Wildman–Crippen LogP) is 4.25. The van der Waals surface area contributed by atoms with E-state index in [-0.39, 0.29) is 6.03 Å². The topological polar surface area (TPSA) is 54.5 Å². The summed E-state index contributed by atoms with van der Waals surface area (Å²) in [5.41, 5.74) is 0. The SMILES string of the molecule is O=C(Nc1ncc(Br)s1)N(C1CCCCC1)C1CCOCC1. The van der Waals surface area contributed by atoms with Crippen LogP contribution in [0.3, 0.4) is 0 Å². The summed E-state index contributed by atoms with van der Waals surface area (Å²) < 4.78 is 6.39. The number of anilines is 1. The Morgan fingerprint density at radius 3 is 2.55 bits per heavy atom. The van der Waals surface area contributed by atoms with Gasteiger partial charge in [-0.2, -0.15) is 0 Å². The smallest absolute Gasteiger partial charge is 0.324 e. The number of thiazole rings is 1. The molecule has 2 amide bonds. The number of rotatable bonds is 3. The molecule has 0 atom stereocenters. The Morgan fingerprint density at radius 2 is 1.91 bits per heavy atom. The zero-order valence-electron chi connectivity index (χ0n) is 12.6. The monoisotopic (exact) mass is 387 g/mol. The van der Waals surface area contributed by atoms with Crippen molar-refractivity contribution in [1.82, 2.24) is 9.88 Å². The number of amides is 2. The largest absolute Gasteiger partial charge is 0.381 e. The molecule has 0 bridgehead atoms. The van der Waals surface area contributed by atoms with Gasteiger partial charge in [-0.15, -0.1) is 0 Å². The first-order valence-corrected chi connectivity index (χ1v) is 9.63. The van der Waals surface area contributed by atoms with Crippen LogP contribution in [0.15, 0.2) is 9.98 Å². The molecule has 7 heteroatoms. The molecule has 1 saturated heterocycles. The number of urea groups is 1. The Kier molecular flexibility index (Phi) is 5.71. The first-order chi connectivity index (χ1) is 10.7. The number of hydrogen-bond donors (Lipinski definition) is 1. The van der Waals surface area contributed by atoms with Gasteiger partial charge < -0.3 is 9.64 Å². The van der Waals surface area contributed by atoms with Gasteiger partial charge in [0.15, 0.2) is 5.13 Å². The molecule has 122 valence electrons. The zero-order chi connectivity index (χ0) is 15.4. The van der Waals surface area contributed by atoms with E-state index in [1.54, 1.807) is 6.20 Å². The van der Waals surface area contributed by atoms with E-state index < -0.39 is 0 Å². The number of hydrogen-bond acceptors (Lipinski definition) is 4. The highest BCUT2D eigenvalue weighted by molar-refractivity contribution is 9.11. The number of carbonyl (C=O) groups excluding carboxylic acids is 1. The summed E-state index contributed by atoms with van der Waals surface area (Å²) in [6, 6.07) is 0.654. The zero-order valence-corrected chi connectivity index (χ0v) is 15.0. The third-order valence-corrected chi connectivity index (χ3v) is 5.87. The first kappa shape index (κ1) is 16.2. The van der Waals surface area contributed by atoms with Crippen molar-refractivity contribution in [2.24, 2.45) is 0 Å². The minimum atomic E-state index is 0.000602. The first-order valence-electron chi connectivity index (χ1n) is 8.02. The van der Waals surface area contributed by atoms with Crippen LogP contribution >= 0.6 is 27.3 Å². The number of halogens is 1. The Morgan fingerprint density at radius 1 is 1.23 bits per heavy atom. The van der Waals surface area contributed by atoms with Crippen LogP contribution in [0, 0.1) is 0 Å². The maximum absolute atomic E-state index is 12.8. The molecule has 0 radical (unpaired) electrons. The third-order valence-electron chi connectivity index (χ3n) is 4.48. The van der Waals surface area contributed by atoms with Gasteiger partial charge in [0.25, 0.3) is 0 Å². The van der Waals surface area contributed by atoms with Gasteiger partial charge in [0.05, 0.1) is 9.98 Å². The molecule has 1 aromatic rings. The summed E-state index contributed by atoms with van der Waals surface area (Å²) in [6.45, 7) is 1.51. The van der Waals surface area contributed by atoms with E-state index >= 15 is 0 Å². The fourth-order valence-corrected chi connectivity index (χ4v) is 4.52. The molecule has 5 nitrogen and oxygen atoms in total. The van der Waals surface area contributed by atoms with Crippen LogP contribution in [0.2, 0.25) is 0 Å². The van der Waals surface area contributed by atoms with Gasteiger partial charge >= 0.3 is 6.03 Å². The van der Waals surface area contributed by atoms with Gasteiger partial charge in [0.1, 0.15) is 0 Å². The summed E-state index contributed by atoms with van der Waals surface area (Å²) in [4.78, 5) is 19.2. The number of carbonyl (C=O) groups is 1. The number of ether oxygens (including phenoxy) is 1. The van der Waals surface area contributed by atoms with Crippen LogP contribution in [0.1, 0.15) is 44.9 Å². The fraction of sp³-hybridized carbons (Fsp3) is 0.733. The average molecular weight is 388 g/mol. The van der Waals surface area contributed by atoms with Gasteiger partial charge in [0, 0.05) is 25.3 Å². The second-order valence-corrected chi connectivity index (χ2v) is 8.35. The summed E-state index contributed by atoms with van der Waals surface area (Å²) in [6.07, 6.45) is 9.56. The standard InChI is InChI=1S/C15H22BrN3O2S/c16-13-10-17-14(22-13)18-15(20)19(11-4-2-1-3-5-11)12-6-8-21-9-7-12/h10-12H,1-9H2,(H,17,18,20). The van der Waals surface area contributed by atoms with Crippen molar-refractivity contribution < 1.29 is 9.53 Å². The van der Waals surface area contributed by atoms with E-state index in [4.69, 9.17) is 4.74 Å². The Labute approximate surface area is 143 Å². The lowest BCUT2D eigenvalue weighted by Gasteiger charge is -2.41. The van der Waals surface area contributed by atoms with E-state index in [9.17, 15) is 4.79 Å². The molecular weight excluding hydrogens is 366 g/mol. The number of aromatic nitrogens is 1. The summed E-state index contributed by atoms with van der Waals surface area (Å²) in [7, 11) is 0. The quantitative estimate of drug-likeness (QED) is 0.842. The van der Waals surface area contributed by atoms with Gasteiger partial charge in [-0.1, -0.05) is 30.6 Å². The maximum Gasteiger partial charge on any atom is 0.324 e. The molecular formula is C15H22BrN3O2S. The minimum absolute atomic E-state index is 0.000602. The van der Waals surface area contributed by atoms with Crippen LogP contribution < -0.4 is 5.32 Å². The van der Waals surface area contributed by atoms with Crippen LogP contribution in [0.25, 0.3) is 0 Å². The molecule has 1 N–H and O–H groups in total. The minimum Gasteiger partial charge on any atom is -0.381 e. The van der Waals surface area contributed by atoms with Crippen molar-refractivity contribution in [1.29, 1.82) is 0 Å². The highest BCUT2D eigenvalue weighted by atomic mass is 79.9. The molecule has 1 aliphatic carbocycles. The van der Waals surface area contributed by atoms with E-state index in [2.05, 4.69) is 31.1 Å². The molecule has 2 fully saturated rings. The number of nitrogens with zero attached hydrogens (tertiary/aromatic N) is 2. The van der Waals surface area contributed by atoms with E-state index in [0.717, 1.165) is 42.7 Å². The molecule has 0 spiro atoms. The summed E-state index contributed by atoms with van der Waals surface area (Å²) >= 11 is 4.84. The molecule has 22 heavy (non-hydrogen) atoms. The molecule has 0 aromatic carbocycles. The summed E-state index contributed by atoms with van der Waals surface area (Å²) in [5, 5.41) is 3.64. The molecule has 1 aliphatic heterocycles. The molecule has 2 aliphatic rings. The molecule has 1 aromatic heterocycles. The molecule has 2 heterocycles. The van der Waals surface area contributed by atoms with Crippen molar-refractivity contribution in [2.75, 3.05) is 18.5 Å². The Bertz CT molecular complexity index is 481. The van der Waals surface area contributed by atoms with Gasteiger partial charge in [-0.3, -0.25) is 5.32 Å². The van der Waals surface area contributed by atoms with Crippen molar-refractivity contribution in [2.45, 2.75) is 57.0 Å². The lowest BCUT2D eigenvalue weighted by atomic mass is 9.92. The van der Waals surface area contributed by atoms with Gasteiger partial charge in [0.2, 0.25) is 0 Å². The third kappa shape index (κ3) is 4.00. The second kappa shape index (κ2) is 7.75. The van der Waals surface area contributed by atoms with E-state index in [1.165, 1.54) is 30.6 Å². The number of nitrogens with one attached hydrogen (secondary N) is 1. The fourth-order valence-electron chi connectivity index (χ4n) is 3.42. The van der Waals surface area contributed by atoms with Crippen LogP contribution in [0.5, 0.6) is 0 Å². The van der Waals surface area contributed by atoms with Crippen LogP contribution in [0.4, 0.5) is 9.93 Å². The highest BCUT2D eigenvalue weighted by Crippen LogP contribution is 2.29. The molecule has 0 unspecified atom stereocenters. The van der Waals surface area contributed by atoms with Crippen molar-refractivity contribution >= 4 is 38.4 Å². The lowest BCUT2D eigenvalue weighted by molar-refractivity contribution is 0.0302. The van der Waals surface area contributed by atoms with Crippen LogP contribution in [-0.4, -0.2) is 41.2 Å². The average Bonchev–Trinajstić information content (AvgIpc) is 2.95. The van der Waals surface area contributed by atoms with Crippen molar-refractivity contribution in [3.8, 4) is 0 Å². The Hall–Kier alpha value is -0.660.